The highest BCUT2D eigenvalue weighted by molar-refractivity contribution is 6.15. The second kappa shape index (κ2) is 15.8. The molecule has 69 heavy (non-hydrogen) atoms. The van der Waals surface area contributed by atoms with Gasteiger partial charge in [0.1, 0.15) is 17.0 Å². The van der Waals surface area contributed by atoms with Gasteiger partial charge < -0.3 is 14.3 Å². The zero-order valence-electron chi connectivity index (χ0n) is 37.6. The van der Waals surface area contributed by atoms with Crippen molar-refractivity contribution in [1.29, 1.82) is 0 Å². The number of para-hydroxylation sites is 4. The molecule has 0 amide bonds. The van der Waals surface area contributed by atoms with E-state index >= 15 is 0 Å². The molecule has 0 saturated carbocycles. The maximum atomic E-state index is 6.60. The topological polar surface area (TPSA) is 35.0 Å². The van der Waals surface area contributed by atoms with Crippen molar-refractivity contribution in [3.05, 3.63) is 254 Å². The van der Waals surface area contributed by atoms with Gasteiger partial charge in [0, 0.05) is 43.6 Å². The molecule has 1 N–H and O–H groups in total. The van der Waals surface area contributed by atoms with Crippen LogP contribution in [0.4, 0.5) is 0 Å². The van der Waals surface area contributed by atoms with Gasteiger partial charge in [0.2, 0.25) is 0 Å². The first-order chi connectivity index (χ1) is 34.2. The van der Waals surface area contributed by atoms with E-state index in [1.54, 1.807) is 0 Å². The smallest absolute Gasteiger partial charge is 0.143 e. The van der Waals surface area contributed by atoms with Gasteiger partial charge in [-0.3, -0.25) is 4.57 Å². The van der Waals surface area contributed by atoms with Gasteiger partial charge in [-0.25, -0.2) is 0 Å². The van der Waals surface area contributed by atoms with E-state index in [-0.39, 0.29) is 6.04 Å². The molecule has 1 aliphatic heterocycles. The molecule has 3 aromatic heterocycles. The molecule has 324 valence electrons. The van der Waals surface area contributed by atoms with Crippen LogP contribution in [-0.2, 0) is 0 Å². The summed E-state index contributed by atoms with van der Waals surface area (Å²) in [6.07, 6.45) is 6.66. The van der Waals surface area contributed by atoms with E-state index in [1.165, 1.54) is 71.5 Å². The van der Waals surface area contributed by atoms with Crippen LogP contribution in [0, 0.1) is 0 Å². The van der Waals surface area contributed by atoms with Crippen LogP contribution in [0.5, 0.6) is 0 Å². The van der Waals surface area contributed by atoms with Crippen LogP contribution < -0.4 is 5.32 Å². The summed E-state index contributed by atoms with van der Waals surface area (Å²) in [4.78, 5) is 0. The standard InChI is InChI=1S/C65H43N3O/c1-3-14-42(15-4-1)43-28-30-44(31-29-43)45-16-11-17-49(38-45)58-24-13-27-64(66-58)68-60-37-34-46(47-32-35-53-52-20-7-9-25-59(52)67(61(53)40-47)50-18-5-2-6-19-50)39-57(60)54-36-33-48(41-62(54)68)51-22-12-23-56-55-21-8-10-26-63(55)69-65(51)56/h1-41,58,66H. The number of furan rings is 1. The third-order valence-corrected chi connectivity index (χ3v) is 14.2. The summed E-state index contributed by atoms with van der Waals surface area (Å²) in [5, 5.41) is 11.1. The molecule has 4 nitrogen and oxygen atoms in total. The lowest BCUT2D eigenvalue weighted by Gasteiger charge is -2.24. The van der Waals surface area contributed by atoms with Crippen LogP contribution in [0.1, 0.15) is 11.6 Å². The van der Waals surface area contributed by atoms with Gasteiger partial charge in [0.05, 0.1) is 28.1 Å². The highest BCUT2D eigenvalue weighted by Gasteiger charge is 2.22. The maximum absolute atomic E-state index is 6.60. The second-order valence-corrected chi connectivity index (χ2v) is 18.1. The molecule has 0 radical (unpaired) electrons. The molecule has 10 aromatic carbocycles. The summed E-state index contributed by atoms with van der Waals surface area (Å²) < 4.78 is 11.4. The first-order valence-corrected chi connectivity index (χ1v) is 23.7. The predicted octanol–water partition coefficient (Wildman–Crippen LogP) is 17.2. The van der Waals surface area contributed by atoms with Crippen LogP contribution in [0.25, 0.3) is 122 Å². The SMILES string of the molecule is C1=CC(c2cccc(-c3ccc(-c4ccccc4)cc3)c2)NC(n2c3ccc(-c4ccc5c6ccccc6n(-c6ccccc6)c5c4)cc3c3ccc(-c4cccc5c4oc4ccccc45)cc32)=C1. The average Bonchev–Trinajstić information content (AvgIpc) is 4.08. The van der Waals surface area contributed by atoms with Crippen molar-refractivity contribution >= 4 is 71.4 Å². The number of nitrogens with zero attached hydrogens (tertiary/aromatic N) is 2. The number of hydrogen-bond acceptors (Lipinski definition) is 2. The highest BCUT2D eigenvalue weighted by atomic mass is 16.3. The molecule has 1 atom stereocenters. The van der Waals surface area contributed by atoms with Crippen molar-refractivity contribution < 1.29 is 4.42 Å². The average molecular weight is 882 g/mol. The minimum atomic E-state index is -0.0455. The minimum absolute atomic E-state index is 0.0455. The fourth-order valence-electron chi connectivity index (χ4n) is 10.9. The van der Waals surface area contributed by atoms with Gasteiger partial charge in [-0.1, -0.05) is 188 Å². The van der Waals surface area contributed by atoms with E-state index in [0.29, 0.717) is 0 Å². The van der Waals surface area contributed by atoms with Gasteiger partial charge in [0.15, 0.2) is 0 Å². The summed E-state index contributed by atoms with van der Waals surface area (Å²) in [6.45, 7) is 0. The predicted molar refractivity (Wildman–Crippen MR) is 289 cm³/mol. The van der Waals surface area contributed by atoms with Crippen molar-refractivity contribution in [2.45, 2.75) is 6.04 Å². The maximum Gasteiger partial charge on any atom is 0.143 e. The zero-order chi connectivity index (χ0) is 45.4. The lowest BCUT2D eigenvalue weighted by molar-refractivity contribution is 0.670. The molecule has 13 aromatic rings. The van der Waals surface area contributed by atoms with Gasteiger partial charge >= 0.3 is 0 Å². The number of dihydropyridines is 1. The van der Waals surface area contributed by atoms with Crippen molar-refractivity contribution in [2.24, 2.45) is 0 Å². The number of rotatable bonds is 7. The Kier molecular flexibility index (Phi) is 8.93. The normalized spacial score (nSPS) is 13.8. The van der Waals surface area contributed by atoms with E-state index < -0.39 is 0 Å². The number of allylic oxidation sites excluding steroid dienone is 2. The number of benzene rings is 10. The van der Waals surface area contributed by atoms with Crippen molar-refractivity contribution in [2.75, 3.05) is 0 Å². The van der Waals surface area contributed by atoms with Gasteiger partial charge in [-0.05, 0) is 105 Å². The van der Waals surface area contributed by atoms with Gasteiger partial charge in [-0.2, -0.15) is 0 Å². The fraction of sp³-hybridized carbons (Fsp3) is 0.0154. The largest absolute Gasteiger partial charge is 0.455 e. The van der Waals surface area contributed by atoms with Gasteiger partial charge in [0.25, 0.3) is 0 Å². The van der Waals surface area contributed by atoms with E-state index in [1.807, 2.05) is 6.07 Å². The molecular formula is C65H43N3O. The van der Waals surface area contributed by atoms with Crippen molar-refractivity contribution in [3.8, 4) is 50.2 Å². The number of fused-ring (bicyclic) bond motifs is 9. The Morgan fingerprint density at radius 3 is 1.78 bits per heavy atom. The highest BCUT2D eigenvalue weighted by Crippen LogP contribution is 2.42. The van der Waals surface area contributed by atoms with Crippen LogP contribution in [0.15, 0.2) is 253 Å². The summed E-state index contributed by atoms with van der Waals surface area (Å²) in [5.41, 5.74) is 18.1. The first kappa shape index (κ1) is 39.1. The number of nitrogens with one attached hydrogen (secondary N) is 1. The molecule has 4 heteroatoms. The van der Waals surface area contributed by atoms with Crippen molar-refractivity contribution in [3.63, 3.8) is 0 Å². The summed E-state index contributed by atoms with van der Waals surface area (Å²) >= 11 is 0. The lowest BCUT2D eigenvalue weighted by Crippen LogP contribution is -2.23. The number of hydrogen-bond donors (Lipinski definition) is 1. The Morgan fingerprint density at radius 1 is 0.362 bits per heavy atom. The lowest BCUT2D eigenvalue weighted by atomic mass is 9.96. The quantitative estimate of drug-likeness (QED) is 0.173. The molecule has 0 spiro atoms. The second-order valence-electron chi connectivity index (χ2n) is 18.1. The molecule has 0 bridgehead atoms. The molecule has 0 aliphatic carbocycles. The Hall–Kier alpha value is -9.12. The summed E-state index contributed by atoms with van der Waals surface area (Å²) in [6, 6.07) is 83.4. The molecule has 1 aliphatic rings. The molecular weight excluding hydrogens is 839 g/mol. The molecule has 4 heterocycles. The van der Waals surface area contributed by atoms with E-state index in [4.69, 9.17) is 4.42 Å². The molecule has 14 rings (SSSR count). The van der Waals surface area contributed by atoms with E-state index in [2.05, 4.69) is 257 Å². The van der Waals surface area contributed by atoms with Crippen LogP contribution in [-0.4, -0.2) is 9.13 Å². The Labute approximate surface area is 398 Å². The van der Waals surface area contributed by atoms with Gasteiger partial charge in [-0.15, -0.1) is 0 Å². The Balaban J connectivity index is 0.898. The summed E-state index contributed by atoms with van der Waals surface area (Å²) in [5.74, 6) is 1.01. The zero-order valence-corrected chi connectivity index (χ0v) is 37.6. The molecule has 1 unspecified atom stereocenters. The van der Waals surface area contributed by atoms with E-state index in [0.717, 1.165) is 55.6 Å². The Bertz CT molecular complexity index is 4210. The minimum Gasteiger partial charge on any atom is -0.455 e. The van der Waals surface area contributed by atoms with E-state index in [9.17, 15) is 0 Å². The summed E-state index contributed by atoms with van der Waals surface area (Å²) in [7, 11) is 0. The fourth-order valence-corrected chi connectivity index (χ4v) is 10.9. The van der Waals surface area contributed by atoms with Crippen molar-refractivity contribution in [1.82, 2.24) is 14.5 Å². The molecule has 0 saturated heterocycles. The van der Waals surface area contributed by atoms with Crippen LogP contribution in [0.3, 0.4) is 0 Å². The Morgan fingerprint density at radius 2 is 0.928 bits per heavy atom. The van der Waals surface area contributed by atoms with Crippen LogP contribution >= 0.6 is 0 Å². The number of aromatic nitrogens is 2. The monoisotopic (exact) mass is 881 g/mol. The molecule has 0 fully saturated rings. The van der Waals surface area contributed by atoms with Crippen LogP contribution in [0.2, 0.25) is 0 Å². The first-order valence-electron chi connectivity index (χ1n) is 23.7. The third-order valence-electron chi connectivity index (χ3n) is 14.2. The third kappa shape index (κ3) is 6.45.